The second kappa shape index (κ2) is 11.5. The van der Waals surface area contributed by atoms with Gasteiger partial charge in [0.15, 0.2) is 0 Å². The quantitative estimate of drug-likeness (QED) is 0.386. The molecule has 1 aromatic carbocycles. The van der Waals surface area contributed by atoms with Crippen LogP contribution in [0.3, 0.4) is 0 Å². The Labute approximate surface area is 210 Å². The number of rotatable bonds is 9. The molecule has 2 heterocycles. The van der Waals surface area contributed by atoms with Gasteiger partial charge in [-0.25, -0.2) is 0 Å². The van der Waals surface area contributed by atoms with Crippen molar-refractivity contribution < 1.29 is 4.79 Å². The van der Waals surface area contributed by atoms with E-state index >= 15 is 0 Å². The maximum absolute atomic E-state index is 13.2. The summed E-state index contributed by atoms with van der Waals surface area (Å²) in [4.78, 5) is 28.4. The van der Waals surface area contributed by atoms with Crippen molar-refractivity contribution in [3.63, 3.8) is 0 Å². The number of carbonyl (C=O) groups is 1. The van der Waals surface area contributed by atoms with Gasteiger partial charge in [-0.2, -0.15) is 5.26 Å². The minimum absolute atomic E-state index is 0.0452. The Bertz CT molecular complexity index is 1210. The third-order valence-corrected chi connectivity index (χ3v) is 7.10. The summed E-state index contributed by atoms with van der Waals surface area (Å²) >= 11 is 6.69. The fourth-order valence-electron chi connectivity index (χ4n) is 3.91. The summed E-state index contributed by atoms with van der Waals surface area (Å²) in [5.41, 5.74) is 2.24. The lowest BCUT2D eigenvalue weighted by Crippen LogP contribution is -2.34. The second-order valence-electron chi connectivity index (χ2n) is 8.49. The molecule has 1 aromatic heterocycles. The van der Waals surface area contributed by atoms with E-state index in [-0.39, 0.29) is 23.1 Å². The van der Waals surface area contributed by atoms with Gasteiger partial charge in [0, 0.05) is 24.7 Å². The number of nitriles is 1. The van der Waals surface area contributed by atoms with E-state index in [2.05, 4.69) is 30.4 Å². The van der Waals surface area contributed by atoms with Crippen LogP contribution in [0.1, 0.15) is 55.9 Å². The molecule has 1 N–H and O–H groups in total. The minimum atomic E-state index is -0.303. The number of pyridine rings is 1. The number of anilines is 1. The molecule has 0 bridgehead atoms. The Morgan fingerprint density at radius 1 is 1.24 bits per heavy atom. The average molecular weight is 495 g/mol. The molecule has 178 valence electrons. The second-order valence-corrected chi connectivity index (χ2v) is 10.2. The lowest BCUT2D eigenvalue weighted by atomic mass is 10.0. The number of hydrogen-bond acceptors (Lipinski definition) is 6. The summed E-state index contributed by atoms with van der Waals surface area (Å²) in [5, 5.41) is 13.2. The Morgan fingerprint density at radius 2 is 1.94 bits per heavy atom. The fraction of sp³-hybridized carbons (Fsp3) is 0.385. The van der Waals surface area contributed by atoms with Crippen molar-refractivity contribution in [3.8, 4) is 6.07 Å². The van der Waals surface area contributed by atoms with Gasteiger partial charge >= 0.3 is 0 Å². The number of thioether (sulfide) groups is 1. The summed E-state index contributed by atoms with van der Waals surface area (Å²) < 4.78 is 2.16. The van der Waals surface area contributed by atoms with Crippen molar-refractivity contribution in [2.24, 2.45) is 0 Å². The molecule has 8 heteroatoms. The molecule has 1 saturated heterocycles. The van der Waals surface area contributed by atoms with Gasteiger partial charge in [-0.05, 0) is 50.8 Å². The van der Waals surface area contributed by atoms with Gasteiger partial charge in [-0.1, -0.05) is 67.7 Å². The van der Waals surface area contributed by atoms with E-state index in [1.807, 2.05) is 32.0 Å². The van der Waals surface area contributed by atoms with E-state index in [4.69, 9.17) is 12.2 Å². The van der Waals surface area contributed by atoms with E-state index in [1.165, 1.54) is 17.3 Å². The molecule has 1 aliphatic rings. The van der Waals surface area contributed by atoms with Crippen LogP contribution in [0.25, 0.3) is 6.08 Å². The molecule has 0 spiro atoms. The highest BCUT2D eigenvalue weighted by Crippen LogP contribution is 2.36. The highest BCUT2D eigenvalue weighted by molar-refractivity contribution is 8.26. The van der Waals surface area contributed by atoms with E-state index in [9.17, 15) is 14.9 Å². The number of amides is 1. The monoisotopic (exact) mass is 494 g/mol. The SMILES string of the molecule is CCCCn1c(NCCc2ccccc2)c(/C=C2/SC(=S)N(C(C)C)C2=O)c(C)c(C#N)c1=O. The zero-order chi connectivity index (χ0) is 24.8. The minimum Gasteiger partial charge on any atom is -0.371 e. The van der Waals surface area contributed by atoms with Crippen LogP contribution in [0.2, 0.25) is 0 Å². The molecule has 1 aliphatic heterocycles. The third kappa shape index (κ3) is 5.43. The van der Waals surface area contributed by atoms with Gasteiger partial charge in [0.05, 0.1) is 4.91 Å². The molecule has 0 radical (unpaired) electrons. The Hall–Kier alpha value is -2.89. The molecule has 2 aromatic rings. The molecule has 1 fully saturated rings. The lowest BCUT2D eigenvalue weighted by Gasteiger charge is -2.20. The van der Waals surface area contributed by atoms with Crippen LogP contribution in [0.4, 0.5) is 5.82 Å². The molecule has 6 nitrogen and oxygen atoms in total. The van der Waals surface area contributed by atoms with E-state index in [0.29, 0.717) is 39.3 Å². The van der Waals surface area contributed by atoms with Crippen LogP contribution in [0, 0.1) is 18.3 Å². The molecular weight excluding hydrogens is 464 g/mol. The van der Waals surface area contributed by atoms with Crippen LogP contribution in [0.15, 0.2) is 40.0 Å². The number of nitrogens with zero attached hydrogens (tertiary/aromatic N) is 3. The Balaban J connectivity index is 2.10. The van der Waals surface area contributed by atoms with Crippen molar-refractivity contribution in [1.29, 1.82) is 5.26 Å². The first kappa shape index (κ1) is 25.7. The summed E-state index contributed by atoms with van der Waals surface area (Å²) in [6.07, 6.45) is 4.27. The number of carbonyl (C=O) groups excluding carboxylic acids is 1. The van der Waals surface area contributed by atoms with Crippen LogP contribution in [-0.2, 0) is 17.8 Å². The van der Waals surface area contributed by atoms with Gasteiger partial charge in [0.2, 0.25) is 0 Å². The Morgan fingerprint density at radius 3 is 2.53 bits per heavy atom. The first-order chi connectivity index (χ1) is 16.3. The highest BCUT2D eigenvalue weighted by atomic mass is 32.2. The normalized spacial score (nSPS) is 14.8. The first-order valence-electron chi connectivity index (χ1n) is 11.5. The number of unbranched alkanes of at least 4 members (excludes halogenated alkanes) is 1. The van der Waals surface area contributed by atoms with Crippen LogP contribution in [-0.4, -0.2) is 32.3 Å². The van der Waals surface area contributed by atoms with Gasteiger partial charge in [-0.15, -0.1) is 0 Å². The summed E-state index contributed by atoms with van der Waals surface area (Å²) in [7, 11) is 0. The topological polar surface area (TPSA) is 78.1 Å². The molecule has 0 aliphatic carbocycles. The summed E-state index contributed by atoms with van der Waals surface area (Å²) in [6, 6.07) is 12.1. The maximum Gasteiger partial charge on any atom is 0.270 e. The van der Waals surface area contributed by atoms with Crippen molar-refractivity contribution in [1.82, 2.24) is 9.47 Å². The van der Waals surface area contributed by atoms with Gasteiger partial charge in [0.1, 0.15) is 21.8 Å². The molecule has 34 heavy (non-hydrogen) atoms. The molecule has 0 atom stereocenters. The standard InChI is InChI=1S/C26H30N4O2S2/c1-5-6-14-29-23(28-13-12-19-10-8-7-9-11-19)20(18(4)21(16-27)24(29)31)15-22-25(32)30(17(2)3)26(33)34-22/h7-11,15,17,28H,5-6,12-14H2,1-4H3/b22-15+. The van der Waals surface area contributed by atoms with Gasteiger partial charge < -0.3 is 5.32 Å². The molecule has 0 unspecified atom stereocenters. The highest BCUT2D eigenvalue weighted by Gasteiger charge is 2.34. The number of nitrogens with one attached hydrogen (secondary N) is 1. The zero-order valence-corrected chi connectivity index (χ0v) is 21.7. The van der Waals surface area contributed by atoms with Crippen molar-refractivity contribution in [3.05, 3.63) is 67.8 Å². The van der Waals surface area contributed by atoms with Crippen LogP contribution < -0.4 is 10.9 Å². The number of aromatic nitrogens is 1. The Kier molecular flexibility index (Phi) is 8.70. The average Bonchev–Trinajstić information content (AvgIpc) is 3.09. The number of thiocarbonyl (C=S) groups is 1. The predicted octanol–water partition coefficient (Wildman–Crippen LogP) is 5.09. The first-order valence-corrected chi connectivity index (χ1v) is 12.7. The summed E-state index contributed by atoms with van der Waals surface area (Å²) in [5.74, 6) is 0.491. The lowest BCUT2D eigenvalue weighted by molar-refractivity contribution is -0.123. The molecule has 0 saturated carbocycles. The van der Waals surface area contributed by atoms with Crippen LogP contribution in [0.5, 0.6) is 0 Å². The van der Waals surface area contributed by atoms with Crippen LogP contribution >= 0.6 is 24.0 Å². The molecular formula is C26H30N4O2S2. The maximum atomic E-state index is 13.2. The van der Waals surface area contributed by atoms with Crippen molar-refractivity contribution >= 4 is 46.1 Å². The van der Waals surface area contributed by atoms with E-state index in [0.717, 1.165) is 19.3 Å². The van der Waals surface area contributed by atoms with Gasteiger partial charge in [0.25, 0.3) is 11.5 Å². The zero-order valence-electron chi connectivity index (χ0n) is 20.1. The number of hydrogen-bond donors (Lipinski definition) is 1. The molecule has 1 amide bonds. The third-order valence-electron chi connectivity index (χ3n) is 5.77. The molecule has 3 rings (SSSR count). The van der Waals surface area contributed by atoms with Gasteiger partial charge in [-0.3, -0.25) is 19.1 Å². The van der Waals surface area contributed by atoms with Crippen molar-refractivity contribution in [2.45, 2.75) is 59.5 Å². The number of benzene rings is 1. The smallest absolute Gasteiger partial charge is 0.270 e. The fourth-order valence-corrected chi connectivity index (χ4v) is 5.41. The van der Waals surface area contributed by atoms with Crippen molar-refractivity contribution in [2.75, 3.05) is 11.9 Å². The summed E-state index contributed by atoms with van der Waals surface area (Å²) in [6.45, 7) is 8.77. The van der Waals surface area contributed by atoms with E-state index < -0.39 is 0 Å². The predicted molar refractivity (Wildman–Crippen MR) is 144 cm³/mol. The largest absolute Gasteiger partial charge is 0.371 e. The van der Waals surface area contributed by atoms with E-state index in [1.54, 1.807) is 22.5 Å².